The van der Waals surface area contributed by atoms with Crippen LogP contribution in [0.2, 0.25) is 5.02 Å². The summed E-state index contributed by atoms with van der Waals surface area (Å²) in [5, 5.41) is 0.656. The number of thioether (sulfide) groups is 1. The van der Waals surface area contributed by atoms with Gasteiger partial charge in [-0.2, -0.15) is 0 Å². The Balaban J connectivity index is 1.79. The van der Waals surface area contributed by atoms with Crippen molar-refractivity contribution in [1.29, 1.82) is 0 Å². The molecule has 2 aromatic rings. The lowest BCUT2D eigenvalue weighted by atomic mass is 10.2. The number of nitrogens with one attached hydrogen (secondary N) is 2. The average Bonchev–Trinajstić information content (AvgIpc) is 2.93. The summed E-state index contributed by atoms with van der Waals surface area (Å²) in [6, 6.07) is 9.10. The van der Waals surface area contributed by atoms with Crippen molar-refractivity contribution in [2.45, 2.75) is 25.2 Å². The van der Waals surface area contributed by atoms with E-state index in [2.05, 4.69) is 10.9 Å². The molecule has 0 bridgehead atoms. The molecule has 1 heterocycles. The SMILES string of the molecule is CCc1cc(C(=O)NNC(=O)CSc2ccc(Cl)cc2)sc1C. The molecule has 0 spiro atoms. The predicted molar refractivity (Wildman–Crippen MR) is 96.2 cm³/mol. The van der Waals surface area contributed by atoms with Crippen LogP contribution in [0.1, 0.15) is 27.0 Å². The summed E-state index contributed by atoms with van der Waals surface area (Å²) in [6.07, 6.45) is 0.889. The number of aryl methyl sites for hydroxylation is 2. The molecule has 2 rings (SSSR count). The van der Waals surface area contributed by atoms with Crippen LogP contribution >= 0.6 is 34.7 Å². The van der Waals surface area contributed by atoms with E-state index < -0.39 is 0 Å². The van der Waals surface area contributed by atoms with Gasteiger partial charge in [-0.3, -0.25) is 20.4 Å². The highest BCUT2D eigenvalue weighted by atomic mass is 35.5. The Bertz CT molecular complexity index is 699. The van der Waals surface area contributed by atoms with Crippen molar-refractivity contribution in [2.24, 2.45) is 0 Å². The van der Waals surface area contributed by atoms with Gasteiger partial charge in [0, 0.05) is 14.8 Å². The Labute approximate surface area is 148 Å². The molecule has 2 amide bonds. The quantitative estimate of drug-likeness (QED) is 0.623. The van der Waals surface area contributed by atoms with Gasteiger partial charge >= 0.3 is 0 Å². The zero-order chi connectivity index (χ0) is 16.8. The van der Waals surface area contributed by atoms with Gasteiger partial charge in [0.2, 0.25) is 5.91 Å². The molecule has 2 N–H and O–H groups in total. The molecule has 0 unspecified atom stereocenters. The maximum atomic E-state index is 12.0. The van der Waals surface area contributed by atoms with Crippen molar-refractivity contribution in [3.05, 3.63) is 50.7 Å². The topological polar surface area (TPSA) is 58.2 Å². The van der Waals surface area contributed by atoms with Crippen molar-refractivity contribution in [3.8, 4) is 0 Å². The van der Waals surface area contributed by atoms with E-state index in [0.29, 0.717) is 9.90 Å². The van der Waals surface area contributed by atoms with Gasteiger partial charge in [0.15, 0.2) is 0 Å². The lowest BCUT2D eigenvalue weighted by Gasteiger charge is -2.06. The van der Waals surface area contributed by atoms with Gasteiger partial charge in [-0.05, 0) is 49.2 Å². The Morgan fingerprint density at radius 1 is 1.22 bits per heavy atom. The second kappa shape index (κ2) is 8.38. The van der Waals surface area contributed by atoms with Crippen LogP contribution in [-0.4, -0.2) is 17.6 Å². The molecule has 0 aliphatic rings. The number of amides is 2. The minimum atomic E-state index is -0.289. The van der Waals surface area contributed by atoms with Gasteiger partial charge in [0.25, 0.3) is 5.91 Å². The third kappa shape index (κ3) is 5.27. The van der Waals surface area contributed by atoms with Gasteiger partial charge in [-0.15, -0.1) is 23.1 Å². The molecule has 7 heteroatoms. The minimum absolute atomic E-state index is 0.214. The summed E-state index contributed by atoms with van der Waals surface area (Å²) in [7, 11) is 0. The summed E-state index contributed by atoms with van der Waals surface area (Å²) in [4.78, 5) is 26.5. The number of rotatable bonds is 5. The zero-order valence-corrected chi connectivity index (χ0v) is 15.2. The molecule has 1 aromatic heterocycles. The van der Waals surface area contributed by atoms with E-state index in [1.54, 1.807) is 12.1 Å². The fourth-order valence-corrected chi connectivity index (χ4v) is 3.72. The maximum Gasteiger partial charge on any atom is 0.279 e. The molecule has 0 saturated carbocycles. The van der Waals surface area contributed by atoms with Crippen LogP contribution in [0.25, 0.3) is 0 Å². The summed E-state index contributed by atoms with van der Waals surface area (Å²) >= 11 is 8.61. The second-order valence-electron chi connectivity index (χ2n) is 4.79. The van der Waals surface area contributed by atoms with Crippen molar-refractivity contribution < 1.29 is 9.59 Å². The van der Waals surface area contributed by atoms with Crippen LogP contribution < -0.4 is 10.9 Å². The molecular weight excluding hydrogens is 352 g/mol. The Kier molecular flexibility index (Phi) is 6.50. The number of carbonyl (C=O) groups excluding carboxylic acids is 2. The lowest BCUT2D eigenvalue weighted by Crippen LogP contribution is -2.42. The number of carbonyl (C=O) groups is 2. The second-order valence-corrected chi connectivity index (χ2v) is 7.53. The van der Waals surface area contributed by atoms with E-state index in [1.807, 2.05) is 32.0 Å². The molecule has 0 aliphatic carbocycles. The molecule has 0 atom stereocenters. The Hall–Kier alpha value is -1.50. The monoisotopic (exact) mass is 368 g/mol. The first kappa shape index (κ1) is 17.8. The third-order valence-corrected chi connectivity index (χ3v) is 5.48. The predicted octanol–water partition coefficient (Wildman–Crippen LogP) is 3.83. The standard InChI is InChI=1S/C16H17ClN2O2S2/c1-3-11-8-14(23-10(11)2)16(21)19-18-15(20)9-22-13-6-4-12(17)5-7-13/h4-8H,3,9H2,1-2H3,(H,18,20)(H,19,21). The molecule has 0 fully saturated rings. The first-order chi connectivity index (χ1) is 11.0. The highest BCUT2D eigenvalue weighted by Gasteiger charge is 2.12. The first-order valence-corrected chi connectivity index (χ1v) is 9.24. The molecule has 23 heavy (non-hydrogen) atoms. The third-order valence-electron chi connectivity index (χ3n) is 3.12. The van der Waals surface area contributed by atoms with Gasteiger partial charge in [0.05, 0.1) is 10.6 Å². The summed E-state index contributed by atoms with van der Waals surface area (Å²) < 4.78 is 0. The van der Waals surface area contributed by atoms with E-state index in [4.69, 9.17) is 11.6 Å². The maximum absolute atomic E-state index is 12.0. The van der Waals surface area contributed by atoms with Crippen LogP contribution in [0.15, 0.2) is 35.2 Å². The fraction of sp³-hybridized carbons (Fsp3) is 0.250. The Morgan fingerprint density at radius 3 is 2.52 bits per heavy atom. The van der Waals surface area contributed by atoms with Crippen LogP contribution in [0, 0.1) is 6.92 Å². The minimum Gasteiger partial charge on any atom is -0.272 e. The number of thiophene rings is 1. The lowest BCUT2D eigenvalue weighted by molar-refractivity contribution is -0.119. The normalized spacial score (nSPS) is 10.4. The highest BCUT2D eigenvalue weighted by Crippen LogP contribution is 2.22. The summed E-state index contributed by atoms with van der Waals surface area (Å²) in [5.41, 5.74) is 6.03. The fourth-order valence-electron chi connectivity index (χ4n) is 1.89. The van der Waals surface area contributed by atoms with Gasteiger partial charge in [-0.25, -0.2) is 0 Å². The van der Waals surface area contributed by atoms with Crippen LogP contribution in [0.3, 0.4) is 0 Å². The zero-order valence-electron chi connectivity index (χ0n) is 12.8. The van der Waals surface area contributed by atoms with Gasteiger partial charge < -0.3 is 0 Å². The Morgan fingerprint density at radius 2 is 1.91 bits per heavy atom. The molecule has 122 valence electrons. The summed E-state index contributed by atoms with van der Waals surface area (Å²) in [5.74, 6) is -0.337. The molecule has 0 radical (unpaired) electrons. The number of hydrogen-bond donors (Lipinski definition) is 2. The molecular formula is C16H17ClN2O2S2. The smallest absolute Gasteiger partial charge is 0.272 e. The van der Waals surface area contributed by atoms with E-state index in [-0.39, 0.29) is 17.6 Å². The first-order valence-electron chi connectivity index (χ1n) is 7.06. The summed E-state index contributed by atoms with van der Waals surface area (Å²) in [6.45, 7) is 4.04. The molecule has 4 nitrogen and oxygen atoms in total. The van der Waals surface area contributed by atoms with E-state index in [0.717, 1.165) is 21.8 Å². The number of benzene rings is 1. The molecule has 1 aromatic carbocycles. The van der Waals surface area contributed by atoms with Crippen LogP contribution in [0.4, 0.5) is 0 Å². The van der Waals surface area contributed by atoms with E-state index in [9.17, 15) is 9.59 Å². The average molecular weight is 369 g/mol. The van der Waals surface area contributed by atoms with Gasteiger partial charge in [0.1, 0.15) is 0 Å². The van der Waals surface area contributed by atoms with Crippen LogP contribution in [0.5, 0.6) is 0 Å². The van der Waals surface area contributed by atoms with E-state index >= 15 is 0 Å². The van der Waals surface area contributed by atoms with Gasteiger partial charge in [-0.1, -0.05) is 18.5 Å². The molecule has 0 aliphatic heterocycles. The van der Waals surface area contributed by atoms with Crippen molar-refractivity contribution in [1.82, 2.24) is 10.9 Å². The highest BCUT2D eigenvalue weighted by molar-refractivity contribution is 8.00. The number of hydrazine groups is 1. The number of hydrogen-bond acceptors (Lipinski definition) is 4. The molecule has 0 saturated heterocycles. The van der Waals surface area contributed by atoms with Crippen molar-refractivity contribution in [3.63, 3.8) is 0 Å². The number of halogens is 1. The van der Waals surface area contributed by atoms with Crippen molar-refractivity contribution in [2.75, 3.05) is 5.75 Å². The van der Waals surface area contributed by atoms with Crippen LogP contribution in [-0.2, 0) is 11.2 Å². The largest absolute Gasteiger partial charge is 0.279 e. The van der Waals surface area contributed by atoms with Crippen molar-refractivity contribution >= 4 is 46.5 Å². The van der Waals surface area contributed by atoms with E-state index in [1.165, 1.54) is 23.1 Å².